The summed E-state index contributed by atoms with van der Waals surface area (Å²) in [5.74, 6) is 6.33. The Morgan fingerprint density at radius 1 is 1.19 bits per heavy atom. The van der Waals surface area contributed by atoms with Crippen LogP contribution >= 0.6 is 0 Å². The minimum atomic E-state index is -0.267. The van der Waals surface area contributed by atoms with Gasteiger partial charge in [0.2, 0.25) is 5.91 Å². The Balaban J connectivity index is 1.63. The van der Waals surface area contributed by atoms with Gasteiger partial charge >= 0.3 is 0 Å². The van der Waals surface area contributed by atoms with E-state index in [0.29, 0.717) is 13.0 Å². The quantitative estimate of drug-likeness (QED) is 0.841. The summed E-state index contributed by atoms with van der Waals surface area (Å²) in [5, 5.41) is 2.82. The molecule has 0 bridgehead atoms. The van der Waals surface area contributed by atoms with Crippen LogP contribution in [0.4, 0.5) is 4.39 Å². The van der Waals surface area contributed by atoms with Crippen molar-refractivity contribution in [1.82, 2.24) is 5.32 Å². The smallest absolute Gasteiger partial charge is 0.220 e. The molecule has 0 heterocycles. The normalized spacial score (nSPS) is 15.1. The molecule has 1 aromatic carbocycles. The molecule has 1 fully saturated rings. The van der Waals surface area contributed by atoms with E-state index < -0.39 is 0 Å². The molecule has 1 saturated carbocycles. The van der Waals surface area contributed by atoms with Crippen LogP contribution in [0.5, 0.6) is 0 Å². The lowest BCUT2D eigenvalue weighted by molar-refractivity contribution is -0.121. The third-order valence-electron chi connectivity index (χ3n) is 3.96. The molecule has 1 N–H and O–H groups in total. The fourth-order valence-electron chi connectivity index (χ4n) is 2.72. The van der Waals surface area contributed by atoms with E-state index in [-0.39, 0.29) is 11.7 Å². The molecule has 1 aliphatic rings. The van der Waals surface area contributed by atoms with Gasteiger partial charge in [-0.05, 0) is 36.6 Å². The Morgan fingerprint density at radius 3 is 2.62 bits per heavy atom. The molecule has 21 heavy (non-hydrogen) atoms. The SMILES string of the molecule is O=C(CCC1CCCCC1)NCC#Cc1ccc(F)cc1. The maximum Gasteiger partial charge on any atom is 0.220 e. The fourth-order valence-corrected chi connectivity index (χ4v) is 2.72. The largest absolute Gasteiger partial charge is 0.345 e. The maximum atomic E-state index is 12.7. The summed E-state index contributed by atoms with van der Waals surface area (Å²) < 4.78 is 12.7. The Labute approximate surface area is 126 Å². The molecule has 2 rings (SSSR count). The lowest BCUT2D eigenvalue weighted by Crippen LogP contribution is -2.24. The molecular formula is C18H22FNO. The second-order valence-electron chi connectivity index (χ2n) is 5.63. The van der Waals surface area contributed by atoms with E-state index in [1.165, 1.54) is 44.2 Å². The maximum absolute atomic E-state index is 12.7. The van der Waals surface area contributed by atoms with Gasteiger partial charge < -0.3 is 5.32 Å². The number of carbonyl (C=O) groups is 1. The van der Waals surface area contributed by atoms with Crippen molar-refractivity contribution < 1.29 is 9.18 Å². The Kier molecular flexibility index (Phi) is 6.27. The van der Waals surface area contributed by atoms with Gasteiger partial charge in [0.05, 0.1) is 6.54 Å². The lowest BCUT2D eigenvalue weighted by Gasteiger charge is -2.20. The van der Waals surface area contributed by atoms with E-state index in [4.69, 9.17) is 0 Å². The van der Waals surface area contributed by atoms with Crippen LogP contribution in [0, 0.1) is 23.6 Å². The van der Waals surface area contributed by atoms with E-state index in [1.807, 2.05) is 0 Å². The van der Waals surface area contributed by atoms with Crippen LogP contribution in [-0.2, 0) is 4.79 Å². The first kappa shape index (κ1) is 15.6. The molecule has 1 aliphatic carbocycles. The number of benzene rings is 1. The molecule has 2 nitrogen and oxygen atoms in total. The molecule has 0 saturated heterocycles. The molecule has 1 aromatic rings. The van der Waals surface area contributed by atoms with Crippen LogP contribution in [-0.4, -0.2) is 12.5 Å². The average Bonchev–Trinajstić information content (AvgIpc) is 2.52. The van der Waals surface area contributed by atoms with E-state index in [1.54, 1.807) is 12.1 Å². The van der Waals surface area contributed by atoms with Crippen molar-refractivity contribution in [3.8, 4) is 11.8 Å². The minimum absolute atomic E-state index is 0.0778. The van der Waals surface area contributed by atoms with Crippen LogP contribution in [0.15, 0.2) is 24.3 Å². The summed E-state index contributed by atoms with van der Waals surface area (Å²) in [6.45, 7) is 0.348. The zero-order chi connectivity index (χ0) is 14.9. The van der Waals surface area contributed by atoms with Gasteiger partial charge in [-0.1, -0.05) is 43.9 Å². The van der Waals surface area contributed by atoms with Crippen molar-refractivity contribution in [2.24, 2.45) is 5.92 Å². The predicted octanol–water partition coefficient (Wildman–Crippen LogP) is 3.65. The second-order valence-corrected chi connectivity index (χ2v) is 5.63. The number of carbonyl (C=O) groups excluding carboxylic acids is 1. The number of halogens is 1. The van der Waals surface area contributed by atoms with Crippen molar-refractivity contribution in [2.45, 2.75) is 44.9 Å². The van der Waals surface area contributed by atoms with Crippen molar-refractivity contribution in [2.75, 3.05) is 6.54 Å². The number of nitrogens with one attached hydrogen (secondary N) is 1. The Hall–Kier alpha value is -1.82. The highest BCUT2D eigenvalue weighted by Gasteiger charge is 2.14. The lowest BCUT2D eigenvalue weighted by atomic mass is 9.86. The molecule has 0 radical (unpaired) electrons. The van der Waals surface area contributed by atoms with Crippen LogP contribution < -0.4 is 5.32 Å². The third kappa shape index (κ3) is 5.99. The van der Waals surface area contributed by atoms with E-state index >= 15 is 0 Å². The van der Waals surface area contributed by atoms with E-state index in [2.05, 4.69) is 17.2 Å². The summed E-state index contributed by atoms with van der Waals surface area (Å²) in [5.41, 5.74) is 0.757. The molecule has 0 spiro atoms. The van der Waals surface area contributed by atoms with Crippen LogP contribution in [0.1, 0.15) is 50.5 Å². The number of amides is 1. The Morgan fingerprint density at radius 2 is 1.90 bits per heavy atom. The first-order valence-electron chi connectivity index (χ1n) is 7.75. The van der Waals surface area contributed by atoms with Gasteiger partial charge in [0.25, 0.3) is 0 Å². The highest BCUT2D eigenvalue weighted by Crippen LogP contribution is 2.27. The molecule has 0 atom stereocenters. The molecule has 3 heteroatoms. The monoisotopic (exact) mass is 287 g/mol. The zero-order valence-electron chi connectivity index (χ0n) is 12.3. The van der Waals surface area contributed by atoms with E-state index in [9.17, 15) is 9.18 Å². The summed E-state index contributed by atoms with van der Waals surface area (Å²) in [6.07, 6.45) is 8.13. The number of hydrogen-bond donors (Lipinski definition) is 1. The van der Waals surface area contributed by atoms with Crippen molar-refractivity contribution in [3.63, 3.8) is 0 Å². The number of rotatable bonds is 4. The van der Waals surface area contributed by atoms with Gasteiger partial charge in [-0.3, -0.25) is 4.79 Å². The van der Waals surface area contributed by atoms with Crippen molar-refractivity contribution in [3.05, 3.63) is 35.6 Å². The number of hydrogen-bond acceptors (Lipinski definition) is 1. The molecule has 1 amide bonds. The highest BCUT2D eigenvalue weighted by molar-refractivity contribution is 5.76. The first-order valence-corrected chi connectivity index (χ1v) is 7.75. The van der Waals surface area contributed by atoms with Crippen LogP contribution in [0.2, 0.25) is 0 Å². The standard InChI is InChI=1S/C18H22FNO/c19-17-11-8-16(9-12-17)7-4-14-20-18(21)13-10-15-5-2-1-3-6-15/h8-9,11-12,15H,1-3,5-6,10,13-14H2,(H,20,21). The fraction of sp³-hybridized carbons (Fsp3) is 0.500. The van der Waals surface area contributed by atoms with Gasteiger partial charge in [-0.15, -0.1) is 0 Å². The minimum Gasteiger partial charge on any atom is -0.345 e. The van der Waals surface area contributed by atoms with Gasteiger partial charge in [-0.25, -0.2) is 4.39 Å². The van der Waals surface area contributed by atoms with Gasteiger partial charge in [0.1, 0.15) is 5.82 Å². The van der Waals surface area contributed by atoms with Crippen LogP contribution in [0.25, 0.3) is 0 Å². The molecular weight excluding hydrogens is 265 g/mol. The third-order valence-corrected chi connectivity index (χ3v) is 3.96. The van der Waals surface area contributed by atoms with Crippen LogP contribution in [0.3, 0.4) is 0 Å². The average molecular weight is 287 g/mol. The topological polar surface area (TPSA) is 29.1 Å². The van der Waals surface area contributed by atoms with E-state index in [0.717, 1.165) is 17.9 Å². The molecule has 0 aromatic heterocycles. The highest BCUT2D eigenvalue weighted by atomic mass is 19.1. The van der Waals surface area contributed by atoms with Crippen molar-refractivity contribution in [1.29, 1.82) is 0 Å². The summed E-state index contributed by atoms with van der Waals surface area (Å²) >= 11 is 0. The van der Waals surface area contributed by atoms with Gasteiger partial charge in [-0.2, -0.15) is 0 Å². The molecule has 112 valence electrons. The summed E-state index contributed by atoms with van der Waals surface area (Å²) in [4.78, 5) is 11.7. The zero-order valence-corrected chi connectivity index (χ0v) is 12.3. The predicted molar refractivity (Wildman–Crippen MR) is 82.1 cm³/mol. The van der Waals surface area contributed by atoms with Gasteiger partial charge in [0.15, 0.2) is 0 Å². The summed E-state index contributed by atoms with van der Waals surface area (Å²) in [6, 6.07) is 6.03. The Bertz CT molecular complexity index is 506. The summed E-state index contributed by atoms with van der Waals surface area (Å²) in [7, 11) is 0. The second kappa shape index (κ2) is 8.46. The van der Waals surface area contributed by atoms with Crippen molar-refractivity contribution >= 4 is 5.91 Å². The van der Waals surface area contributed by atoms with Gasteiger partial charge in [0, 0.05) is 12.0 Å². The first-order chi connectivity index (χ1) is 10.2. The molecule has 0 aliphatic heterocycles. The molecule has 0 unspecified atom stereocenters.